The first-order valence-electron chi connectivity index (χ1n) is 6.95. The van der Waals surface area contributed by atoms with Crippen molar-refractivity contribution in [2.24, 2.45) is 0 Å². The van der Waals surface area contributed by atoms with E-state index in [1.165, 1.54) is 12.1 Å². The number of benzene rings is 2. The molecule has 0 spiro atoms. The first-order valence-corrected chi connectivity index (χ1v) is 8.67. The van der Waals surface area contributed by atoms with Crippen LogP contribution in [0.4, 0.5) is 13.2 Å². The summed E-state index contributed by atoms with van der Waals surface area (Å²) in [5, 5.41) is 0. The maximum Gasteiger partial charge on any atom is 0.393 e. The van der Waals surface area contributed by atoms with E-state index in [0.29, 0.717) is 16.9 Å². The number of fused-ring (bicyclic) bond motifs is 1. The van der Waals surface area contributed by atoms with Crippen molar-refractivity contribution in [3.8, 4) is 16.9 Å². The highest BCUT2D eigenvalue weighted by atomic mass is 32.2. The quantitative estimate of drug-likeness (QED) is 0.887. The smallest absolute Gasteiger partial charge is 0.393 e. The Morgan fingerprint density at radius 3 is 2.65 bits per heavy atom. The lowest BCUT2D eigenvalue weighted by Gasteiger charge is -2.21. The van der Waals surface area contributed by atoms with Crippen LogP contribution in [-0.4, -0.2) is 22.7 Å². The van der Waals surface area contributed by atoms with Crippen molar-refractivity contribution in [1.82, 2.24) is 0 Å². The van der Waals surface area contributed by atoms with Crippen molar-refractivity contribution < 1.29 is 22.1 Å². The molecule has 3 rings (SSSR count). The van der Waals surface area contributed by atoms with Gasteiger partial charge in [-0.1, -0.05) is 30.3 Å². The van der Waals surface area contributed by atoms with E-state index in [1.54, 1.807) is 30.3 Å². The summed E-state index contributed by atoms with van der Waals surface area (Å²) >= 11 is 0. The third-order valence-electron chi connectivity index (χ3n) is 3.65. The topological polar surface area (TPSA) is 50.2 Å². The molecule has 1 atom stereocenters. The third-order valence-corrected chi connectivity index (χ3v) is 5.42. The fourth-order valence-corrected chi connectivity index (χ4v) is 3.91. The van der Waals surface area contributed by atoms with Crippen molar-refractivity contribution in [3.05, 3.63) is 48.0 Å². The first kappa shape index (κ1) is 15.9. The second-order valence-electron chi connectivity index (χ2n) is 5.34. The van der Waals surface area contributed by atoms with Crippen LogP contribution in [0.5, 0.6) is 5.75 Å². The summed E-state index contributed by atoms with van der Waals surface area (Å²) in [5.74, 6) is 0.460. The van der Waals surface area contributed by atoms with E-state index in [9.17, 15) is 17.4 Å². The van der Waals surface area contributed by atoms with Gasteiger partial charge in [-0.05, 0) is 28.8 Å². The molecule has 1 aliphatic heterocycles. The Bertz CT molecular complexity index is 845. The third kappa shape index (κ3) is 3.34. The van der Waals surface area contributed by atoms with Gasteiger partial charge < -0.3 is 4.74 Å². The zero-order chi connectivity index (χ0) is 16.7. The molecule has 0 aliphatic carbocycles. The lowest BCUT2D eigenvalue weighted by molar-refractivity contribution is -0.127. The lowest BCUT2D eigenvalue weighted by Crippen LogP contribution is -2.20. The summed E-state index contributed by atoms with van der Waals surface area (Å²) in [6.45, 7) is 0.208. The Balaban J connectivity index is 2.11. The minimum atomic E-state index is -4.31. The molecular weight excluding hydrogens is 327 g/mol. The number of hydrogen-bond acceptors (Lipinski definition) is 3. The Morgan fingerprint density at radius 1 is 1.17 bits per heavy atom. The Labute approximate surface area is 132 Å². The highest BCUT2D eigenvalue weighted by Crippen LogP contribution is 2.35. The van der Waals surface area contributed by atoms with E-state index in [-0.39, 0.29) is 22.8 Å². The van der Waals surface area contributed by atoms with Gasteiger partial charge in [0.15, 0.2) is 0 Å². The van der Waals surface area contributed by atoms with Crippen LogP contribution in [0.3, 0.4) is 0 Å². The molecule has 0 bridgehead atoms. The van der Waals surface area contributed by atoms with Crippen LogP contribution >= 0.6 is 0 Å². The number of rotatable bonds is 2. The highest BCUT2D eigenvalue weighted by molar-refractivity contribution is 7.92. The minimum absolute atomic E-state index is 0.0909. The van der Waals surface area contributed by atoms with Gasteiger partial charge >= 0.3 is 6.18 Å². The summed E-state index contributed by atoms with van der Waals surface area (Å²) < 4.78 is 63.9. The number of alkyl halides is 3. The maximum atomic E-state index is 12.7. The van der Waals surface area contributed by atoms with E-state index < -0.39 is 22.3 Å². The lowest BCUT2D eigenvalue weighted by atomic mass is 9.97. The van der Waals surface area contributed by atoms with Gasteiger partial charge in [-0.15, -0.1) is 0 Å². The van der Waals surface area contributed by atoms with Crippen molar-refractivity contribution in [1.29, 1.82) is 4.78 Å². The van der Waals surface area contributed by atoms with Gasteiger partial charge in [0, 0.05) is 0 Å². The Kier molecular flexibility index (Phi) is 3.83. The molecule has 0 fully saturated rings. The van der Waals surface area contributed by atoms with E-state index in [2.05, 4.69) is 0 Å². The summed E-state index contributed by atoms with van der Waals surface area (Å²) in [5.41, 5.74) is 1.08. The molecule has 23 heavy (non-hydrogen) atoms. The highest BCUT2D eigenvalue weighted by Gasteiger charge is 2.29. The van der Waals surface area contributed by atoms with Crippen LogP contribution in [0.2, 0.25) is 0 Å². The summed E-state index contributed by atoms with van der Waals surface area (Å²) in [4.78, 5) is 0.253. The number of nitrogens with one attached hydrogen (secondary N) is 1. The van der Waals surface area contributed by atoms with Gasteiger partial charge in [0.2, 0.25) is 0 Å². The molecule has 7 heteroatoms. The predicted molar refractivity (Wildman–Crippen MR) is 81.1 cm³/mol. The molecule has 1 aliphatic rings. The Morgan fingerprint density at radius 2 is 1.91 bits per heavy atom. The molecule has 0 aromatic heterocycles. The zero-order valence-electron chi connectivity index (χ0n) is 12.0. The molecule has 122 valence electrons. The van der Waals surface area contributed by atoms with Gasteiger partial charge in [-0.2, -0.15) is 13.2 Å². The molecule has 1 unspecified atom stereocenters. The second kappa shape index (κ2) is 5.56. The van der Waals surface area contributed by atoms with Gasteiger partial charge in [-0.3, -0.25) is 0 Å². The molecular formula is C16H14F3NO2S. The van der Waals surface area contributed by atoms with Gasteiger partial charge in [0.05, 0.1) is 26.8 Å². The SMILES string of the molecule is N=S1(=O)CCOc2ccc(-c3ccccc3CC(F)(F)F)cc21. The molecule has 0 amide bonds. The molecule has 1 N–H and O–H groups in total. The monoisotopic (exact) mass is 341 g/mol. The minimum Gasteiger partial charge on any atom is -0.491 e. The molecule has 1 heterocycles. The standard InChI is InChI=1S/C16H14F3NO2S/c17-16(18,19)10-12-3-1-2-4-13(12)11-5-6-14-15(9-11)23(20,21)8-7-22-14/h1-6,9,20H,7-8,10H2. The first-order chi connectivity index (χ1) is 10.8. The average molecular weight is 341 g/mol. The van der Waals surface area contributed by atoms with Crippen molar-refractivity contribution >= 4 is 9.73 Å². The van der Waals surface area contributed by atoms with E-state index in [1.807, 2.05) is 0 Å². The number of halogens is 3. The van der Waals surface area contributed by atoms with Crippen molar-refractivity contribution in [2.75, 3.05) is 12.4 Å². The number of ether oxygens (including phenoxy) is 1. The summed E-state index contributed by atoms with van der Waals surface area (Å²) in [7, 11) is -2.97. The fraction of sp³-hybridized carbons (Fsp3) is 0.250. The zero-order valence-corrected chi connectivity index (χ0v) is 12.8. The normalized spacial score (nSPS) is 20.7. The van der Waals surface area contributed by atoms with Crippen LogP contribution in [-0.2, 0) is 16.1 Å². The van der Waals surface area contributed by atoms with Crippen LogP contribution in [0.15, 0.2) is 47.4 Å². The number of hydrogen-bond donors (Lipinski definition) is 1. The summed E-state index contributed by atoms with van der Waals surface area (Å²) in [6.07, 6.45) is -5.34. The van der Waals surface area contributed by atoms with Crippen LogP contribution < -0.4 is 4.74 Å². The van der Waals surface area contributed by atoms with Gasteiger partial charge in [0.1, 0.15) is 12.4 Å². The van der Waals surface area contributed by atoms with Gasteiger partial charge in [0.25, 0.3) is 0 Å². The second-order valence-corrected chi connectivity index (χ2v) is 7.54. The van der Waals surface area contributed by atoms with Crippen LogP contribution in [0.1, 0.15) is 5.56 Å². The fourth-order valence-electron chi connectivity index (χ4n) is 2.60. The molecule has 0 saturated heterocycles. The van der Waals surface area contributed by atoms with Crippen molar-refractivity contribution in [2.45, 2.75) is 17.5 Å². The van der Waals surface area contributed by atoms with Gasteiger partial charge in [-0.25, -0.2) is 8.99 Å². The molecule has 0 saturated carbocycles. The maximum absolute atomic E-state index is 12.7. The predicted octanol–water partition coefficient (Wildman–Crippen LogP) is 4.26. The van der Waals surface area contributed by atoms with E-state index >= 15 is 0 Å². The molecule has 2 aromatic carbocycles. The largest absolute Gasteiger partial charge is 0.491 e. The molecule has 3 nitrogen and oxygen atoms in total. The van der Waals surface area contributed by atoms with Crippen LogP contribution in [0.25, 0.3) is 11.1 Å². The van der Waals surface area contributed by atoms with E-state index in [0.717, 1.165) is 0 Å². The van der Waals surface area contributed by atoms with Crippen molar-refractivity contribution in [3.63, 3.8) is 0 Å². The molecule has 0 radical (unpaired) electrons. The molecule has 2 aromatic rings. The summed E-state index contributed by atoms with van der Waals surface area (Å²) in [6, 6.07) is 11.0. The average Bonchev–Trinajstić information content (AvgIpc) is 2.46. The van der Waals surface area contributed by atoms with Crippen LogP contribution in [0, 0.1) is 4.78 Å². The van der Waals surface area contributed by atoms with E-state index in [4.69, 9.17) is 9.52 Å². The Hall–Kier alpha value is -2.02.